The zero-order chi connectivity index (χ0) is 12.2. The van der Waals surface area contributed by atoms with Gasteiger partial charge in [-0.25, -0.2) is 5.14 Å². The van der Waals surface area contributed by atoms with Crippen LogP contribution in [-0.4, -0.2) is 19.8 Å². The monoisotopic (exact) mass is 248 g/mol. The summed E-state index contributed by atoms with van der Waals surface area (Å²) in [5.74, 6) is -0.136. The molecule has 6 nitrogen and oxygen atoms in total. The first kappa shape index (κ1) is 13.4. The van der Waals surface area contributed by atoms with E-state index in [1.165, 1.54) is 0 Å². The third kappa shape index (κ3) is 3.73. The smallest absolute Gasteiger partial charge is 0.275 e. The maximum absolute atomic E-state index is 11.1. The minimum Gasteiger partial charge on any atom is -0.386 e. The molecule has 0 aromatic carbocycles. The molecule has 7 heteroatoms. The van der Waals surface area contributed by atoms with Crippen LogP contribution in [0.3, 0.4) is 0 Å². The van der Waals surface area contributed by atoms with Gasteiger partial charge in [-0.3, -0.25) is 5.41 Å². The van der Waals surface area contributed by atoms with Gasteiger partial charge in [-0.2, -0.15) is 13.1 Å². The summed E-state index contributed by atoms with van der Waals surface area (Å²) in [7, 11) is -3.83. The predicted molar refractivity (Wildman–Crippen MR) is 63.2 cm³/mol. The fraction of sp³-hybridized carbons (Fsp3) is 0.889. The Labute approximate surface area is 96.5 Å². The lowest BCUT2D eigenvalue weighted by Gasteiger charge is -2.34. The van der Waals surface area contributed by atoms with Gasteiger partial charge >= 0.3 is 0 Å². The van der Waals surface area contributed by atoms with E-state index in [-0.39, 0.29) is 5.84 Å². The van der Waals surface area contributed by atoms with Gasteiger partial charge in [0.05, 0.1) is 5.54 Å². The van der Waals surface area contributed by atoms with E-state index in [2.05, 4.69) is 4.72 Å². The quantitative estimate of drug-likeness (QED) is 0.421. The van der Waals surface area contributed by atoms with E-state index in [1.54, 1.807) is 0 Å². The molecule has 0 bridgehead atoms. The molecule has 16 heavy (non-hydrogen) atoms. The Bertz CT molecular complexity index is 345. The van der Waals surface area contributed by atoms with Gasteiger partial charge in [0, 0.05) is 0 Å². The van der Waals surface area contributed by atoms with Crippen LogP contribution in [0.15, 0.2) is 0 Å². The van der Waals surface area contributed by atoms with Crippen LogP contribution in [0.1, 0.15) is 44.9 Å². The van der Waals surface area contributed by atoms with E-state index in [9.17, 15) is 8.42 Å². The number of nitrogens with one attached hydrogen (secondary N) is 2. The summed E-state index contributed by atoms with van der Waals surface area (Å²) in [6.45, 7) is 0. The Kier molecular flexibility index (Phi) is 4.28. The van der Waals surface area contributed by atoms with Crippen LogP contribution < -0.4 is 15.6 Å². The van der Waals surface area contributed by atoms with E-state index in [0.717, 1.165) is 32.1 Å². The molecular weight excluding hydrogens is 228 g/mol. The van der Waals surface area contributed by atoms with Gasteiger partial charge in [-0.1, -0.05) is 32.1 Å². The molecule has 0 spiro atoms. The first-order valence-electron chi connectivity index (χ1n) is 5.52. The predicted octanol–water partition coefficient (Wildman–Crippen LogP) is 0.199. The molecule has 1 aliphatic carbocycles. The Morgan fingerprint density at radius 3 is 1.94 bits per heavy atom. The Morgan fingerprint density at radius 2 is 1.56 bits per heavy atom. The highest BCUT2D eigenvalue weighted by molar-refractivity contribution is 7.87. The van der Waals surface area contributed by atoms with E-state index < -0.39 is 15.7 Å². The Hall–Kier alpha value is -0.660. The molecule has 0 aliphatic heterocycles. The van der Waals surface area contributed by atoms with Crippen molar-refractivity contribution in [2.75, 3.05) is 0 Å². The second-order valence-corrected chi connectivity index (χ2v) is 5.70. The normalized spacial score (nSPS) is 22.1. The third-order valence-corrected chi connectivity index (χ3v) is 3.74. The Morgan fingerprint density at radius 1 is 1.12 bits per heavy atom. The van der Waals surface area contributed by atoms with Crippen molar-refractivity contribution in [1.82, 2.24) is 4.72 Å². The molecule has 0 unspecified atom stereocenters. The number of hydrogen-bond acceptors (Lipinski definition) is 3. The second-order valence-electron chi connectivity index (χ2n) is 4.41. The third-order valence-electron chi connectivity index (χ3n) is 3.06. The molecule has 1 fully saturated rings. The number of amidine groups is 1. The molecule has 0 amide bonds. The minimum atomic E-state index is -3.83. The lowest BCUT2D eigenvalue weighted by molar-refractivity contribution is 0.367. The van der Waals surface area contributed by atoms with E-state index in [0.29, 0.717) is 12.8 Å². The van der Waals surface area contributed by atoms with Crippen LogP contribution in [0.25, 0.3) is 0 Å². The first-order chi connectivity index (χ1) is 7.36. The highest BCUT2D eigenvalue weighted by atomic mass is 32.2. The molecule has 1 rings (SSSR count). The SMILES string of the molecule is N=C(N)C1(NS(N)(=O)=O)CCCCCCC1. The van der Waals surface area contributed by atoms with Crippen molar-refractivity contribution in [3.8, 4) is 0 Å². The molecule has 94 valence electrons. The zero-order valence-corrected chi connectivity index (χ0v) is 10.1. The van der Waals surface area contributed by atoms with Crippen molar-refractivity contribution >= 4 is 16.0 Å². The van der Waals surface area contributed by atoms with Crippen molar-refractivity contribution in [3.05, 3.63) is 0 Å². The standard InChI is InChI=1S/C9H20N4O2S/c10-8(11)9(13-16(12,14)15)6-4-2-1-3-5-7-9/h13H,1-7H2,(H3,10,11)(H2,12,14,15). The topological polar surface area (TPSA) is 122 Å². The van der Waals surface area contributed by atoms with E-state index in [1.807, 2.05) is 0 Å². The van der Waals surface area contributed by atoms with Gasteiger partial charge in [0.2, 0.25) is 0 Å². The number of hydrogen-bond donors (Lipinski definition) is 4. The van der Waals surface area contributed by atoms with Crippen molar-refractivity contribution in [3.63, 3.8) is 0 Å². The van der Waals surface area contributed by atoms with Gasteiger partial charge in [-0.05, 0) is 12.8 Å². The van der Waals surface area contributed by atoms with Crippen LogP contribution in [0, 0.1) is 5.41 Å². The van der Waals surface area contributed by atoms with Crippen LogP contribution in [0.5, 0.6) is 0 Å². The molecule has 0 radical (unpaired) electrons. The van der Waals surface area contributed by atoms with E-state index in [4.69, 9.17) is 16.3 Å². The molecule has 1 aliphatic rings. The fourth-order valence-electron chi connectivity index (χ4n) is 2.21. The molecular formula is C9H20N4O2S. The van der Waals surface area contributed by atoms with Crippen LogP contribution >= 0.6 is 0 Å². The number of rotatable bonds is 3. The number of nitrogens with two attached hydrogens (primary N) is 2. The minimum absolute atomic E-state index is 0.136. The van der Waals surface area contributed by atoms with Gasteiger partial charge in [0.15, 0.2) is 0 Å². The van der Waals surface area contributed by atoms with Gasteiger partial charge in [0.25, 0.3) is 10.2 Å². The summed E-state index contributed by atoms with van der Waals surface area (Å²) in [6.07, 6.45) is 6.08. The summed E-state index contributed by atoms with van der Waals surface area (Å²) < 4.78 is 24.6. The average molecular weight is 248 g/mol. The first-order valence-corrected chi connectivity index (χ1v) is 7.07. The fourth-order valence-corrected chi connectivity index (χ4v) is 3.07. The molecule has 0 atom stereocenters. The van der Waals surface area contributed by atoms with Crippen molar-refractivity contribution in [2.24, 2.45) is 10.9 Å². The van der Waals surface area contributed by atoms with E-state index >= 15 is 0 Å². The molecule has 0 heterocycles. The molecule has 0 aromatic rings. The summed E-state index contributed by atoms with van der Waals surface area (Å²) in [6, 6.07) is 0. The van der Waals surface area contributed by atoms with Crippen LogP contribution in [-0.2, 0) is 10.2 Å². The Balaban J connectivity index is 2.88. The highest BCUT2D eigenvalue weighted by Crippen LogP contribution is 2.26. The summed E-state index contributed by atoms with van der Waals surface area (Å²) in [5, 5.41) is 12.6. The lowest BCUT2D eigenvalue weighted by atomic mass is 9.84. The van der Waals surface area contributed by atoms with Crippen LogP contribution in [0.4, 0.5) is 0 Å². The lowest BCUT2D eigenvalue weighted by Crippen LogP contribution is -2.58. The average Bonchev–Trinajstić information content (AvgIpc) is 2.07. The summed E-state index contributed by atoms with van der Waals surface area (Å²) in [5.41, 5.74) is 4.57. The van der Waals surface area contributed by atoms with Gasteiger partial charge < -0.3 is 5.73 Å². The molecule has 6 N–H and O–H groups in total. The highest BCUT2D eigenvalue weighted by Gasteiger charge is 2.36. The molecule has 0 aromatic heterocycles. The largest absolute Gasteiger partial charge is 0.386 e. The molecule has 0 saturated heterocycles. The van der Waals surface area contributed by atoms with Crippen molar-refractivity contribution in [1.29, 1.82) is 5.41 Å². The maximum atomic E-state index is 11.1. The maximum Gasteiger partial charge on any atom is 0.275 e. The summed E-state index contributed by atoms with van der Waals surface area (Å²) in [4.78, 5) is 0. The van der Waals surface area contributed by atoms with Crippen LogP contribution in [0.2, 0.25) is 0 Å². The molecule has 1 saturated carbocycles. The van der Waals surface area contributed by atoms with Crippen molar-refractivity contribution < 1.29 is 8.42 Å². The van der Waals surface area contributed by atoms with Crippen molar-refractivity contribution in [2.45, 2.75) is 50.5 Å². The second kappa shape index (κ2) is 5.11. The van der Waals surface area contributed by atoms with Gasteiger partial charge in [-0.15, -0.1) is 0 Å². The van der Waals surface area contributed by atoms with Gasteiger partial charge in [0.1, 0.15) is 5.84 Å². The summed E-state index contributed by atoms with van der Waals surface area (Å²) >= 11 is 0. The zero-order valence-electron chi connectivity index (χ0n) is 9.33.